The minimum Gasteiger partial charge on any atom is -0.477 e. The molecule has 3 aliphatic rings. The van der Waals surface area contributed by atoms with Crippen molar-refractivity contribution in [1.29, 1.82) is 0 Å². The number of nitrogens with one attached hydrogen (secondary N) is 2. The van der Waals surface area contributed by atoms with E-state index in [1.165, 1.54) is 116 Å². The minimum absolute atomic E-state index is 0.180. The number of carbonyl (C=O) groups excluding carboxylic acids is 2. The van der Waals surface area contributed by atoms with Crippen LogP contribution in [0.4, 0.5) is 0 Å². The van der Waals surface area contributed by atoms with Gasteiger partial charge in [-0.1, -0.05) is 167 Å². The number of carboxylic acid groups (broad SMARTS) is 1. The predicted molar refractivity (Wildman–Crippen MR) is 311 cm³/mol. The van der Waals surface area contributed by atoms with Crippen molar-refractivity contribution in [2.24, 2.45) is 0 Å². The molecule has 14 N–H and O–H groups in total. The normalized spacial score (nSPS) is 29.9. The number of hydrogen-bond acceptors (Lipinski definition) is 20. The Hall–Kier alpha value is -2.79. The molecule has 0 aromatic heterocycles. The fourth-order valence-corrected chi connectivity index (χ4v) is 11.0. The number of rotatable bonds is 46. The van der Waals surface area contributed by atoms with E-state index >= 15 is 0 Å². The summed E-state index contributed by atoms with van der Waals surface area (Å²) < 4.78 is 34.7. The van der Waals surface area contributed by atoms with E-state index in [1.807, 2.05) is 6.08 Å². The fourth-order valence-electron chi connectivity index (χ4n) is 11.0. The number of ether oxygens (including phenoxy) is 6. The molecule has 0 aromatic carbocycles. The van der Waals surface area contributed by atoms with Crippen LogP contribution in [0.15, 0.2) is 24.3 Å². The zero-order valence-electron chi connectivity index (χ0n) is 50.5. The molecule has 23 nitrogen and oxygen atoms in total. The maximum atomic E-state index is 13.4. The number of aliphatic hydroxyl groups excluding tert-OH is 11. The zero-order chi connectivity index (χ0) is 61.9. The topological polar surface area (TPSA) is 373 Å². The molecule has 23 heteroatoms. The van der Waals surface area contributed by atoms with Crippen LogP contribution in [-0.4, -0.2) is 215 Å². The third kappa shape index (κ3) is 26.5. The number of hydrogen-bond donors (Lipinski definition) is 14. The molecular weight excluding hydrogens is 1100 g/mol. The van der Waals surface area contributed by atoms with Gasteiger partial charge in [0.1, 0.15) is 67.1 Å². The lowest BCUT2D eigenvalue weighted by atomic mass is 9.88. The molecule has 3 saturated heterocycles. The van der Waals surface area contributed by atoms with Crippen LogP contribution in [0.5, 0.6) is 0 Å². The van der Waals surface area contributed by atoms with E-state index in [0.717, 1.165) is 51.9 Å². The van der Waals surface area contributed by atoms with Crippen molar-refractivity contribution in [1.82, 2.24) is 10.6 Å². The van der Waals surface area contributed by atoms with Crippen molar-refractivity contribution in [3.8, 4) is 0 Å². The van der Waals surface area contributed by atoms with E-state index in [2.05, 4.69) is 36.6 Å². The quantitative estimate of drug-likeness (QED) is 0.0305. The number of carbonyl (C=O) groups is 3. The Labute approximate surface area is 498 Å². The number of unbranched alkanes of at least 4 members (excludes halogenated alkanes) is 24. The van der Waals surface area contributed by atoms with Gasteiger partial charge in [0.2, 0.25) is 11.8 Å². The van der Waals surface area contributed by atoms with Crippen LogP contribution in [0.2, 0.25) is 0 Å². The number of amides is 2. The third-order valence-electron chi connectivity index (χ3n) is 16.1. The lowest BCUT2D eigenvalue weighted by Gasteiger charge is -2.50. The fraction of sp³-hybridized carbons (Fsp3) is 0.885. The third-order valence-corrected chi connectivity index (χ3v) is 16.1. The number of carboxylic acids is 1. The van der Waals surface area contributed by atoms with Gasteiger partial charge in [0.05, 0.1) is 50.7 Å². The summed E-state index contributed by atoms with van der Waals surface area (Å²) in [6, 6.07) is -2.62. The molecule has 490 valence electrons. The largest absolute Gasteiger partial charge is 0.477 e. The van der Waals surface area contributed by atoms with E-state index in [9.17, 15) is 75.7 Å². The first kappa shape index (κ1) is 75.5. The second-order valence-electron chi connectivity index (χ2n) is 23.3. The molecule has 0 bridgehead atoms. The highest BCUT2D eigenvalue weighted by molar-refractivity contribution is 5.77. The molecule has 3 aliphatic heterocycles. The molecule has 84 heavy (non-hydrogen) atoms. The monoisotopic (exact) mass is 1210 g/mol. The predicted octanol–water partition coefficient (Wildman–Crippen LogP) is 3.72. The molecule has 3 rings (SSSR count). The van der Waals surface area contributed by atoms with E-state index in [0.29, 0.717) is 12.8 Å². The summed E-state index contributed by atoms with van der Waals surface area (Å²) in [6.45, 7) is 2.08. The van der Waals surface area contributed by atoms with Crippen LogP contribution < -0.4 is 10.6 Å². The molecule has 18 unspecified atom stereocenters. The second-order valence-corrected chi connectivity index (χ2v) is 23.3. The Morgan fingerprint density at radius 1 is 0.619 bits per heavy atom. The molecule has 0 saturated carbocycles. The molecule has 0 aromatic rings. The molecule has 3 fully saturated rings. The van der Waals surface area contributed by atoms with Crippen LogP contribution in [0.3, 0.4) is 0 Å². The molecule has 2 amide bonds. The van der Waals surface area contributed by atoms with E-state index in [1.54, 1.807) is 6.08 Å². The zero-order valence-corrected chi connectivity index (χ0v) is 50.5. The summed E-state index contributed by atoms with van der Waals surface area (Å²) in [5.41, 5.74) is 0. The van der Waals surface area contributed by atoms with Crippen molar-refractivity contribution in [3.63, 3.8) is 0 Å². The van der Waals surface area contributed by atoms with Crippen LogP contribution in [-0.2, 0) is 42.8 Å². The highest BCUT2D eigenvalue weighted by Gasteiger charge is 2.60. The van der Waals surface area contributed by atoms with Gasteiger partial charge < -0.3 is 100 Å². The Morgan fingerprint density at radius 3 is 1.62 bits per heavy atom. The average Bonchev–Trinajstić information content (AvgIpc) is 1.27. The Morgan fingerprint density at radius 2 is 1.12 bits per heavy atom. The highest BCUT2D eigenvalue weighted by Crippen LogP contribution is 2.38. The lowest BCUT2D eigenvalue weighted by Crippen LogP contribution is -2.70. The van der Waals surface area contributed by atoms with Crippen LogP contribution in [0.1, 0.15) is 207 Å². The Balaban J connectivity index is 1.66. The van der Waals surface area contributed by atoms with Crippen LogP contribution in [0.25, 0.3) is 0 Å². The highest BCUT2D eigenvalue weighted by atomic mass is 16.8. The van der Waals surface area contributed by atoms with Crippen molar-refractivity contribution in [2.75, 3.05) is 26.4 Å². The standard InChI is InChI=1S/C61H110N2O21/c1-4-6-8-10-12-14-16-18-19-20-21-23-24-26-28-30-32-34-43(68)42(63-48(71)35-33-31-29-27-25-22-17-15-13-11-9-7-5-2)40-79-58-53(75)52(74)55(47(39-66)81-58)82-59-54(76)57(51(73)46(38-65)80-59)84-61(60(77)78)36-44(69)49(62-41(3)67)56(83-61)50(72)45(70)37-64/h22,25,32,34,42-47,49-59,64-66,68-70,72-76H,4-21,23-24,26-31,33,35-40H2,1-3H3,(H,62,67)(H,63,71)(H,77,78)/b25-22-,34-32+. The van der Waals surface area contributed by atoms with Gasteiger partial charge in [0, 0.05) is 19.8 Å². The molecule has 0 spiro atoms. The summed E-state index contributed by atoms with van der Waals surface area (Å²) in [7, 11) is 0. The van der Waals surface area contributed by atoms with Gasteiger partial charge >= 0.3 is 5.97 Å². The lowest BCUT2D eigenvalue weighted by molar-refractivity contribution is -0.386. The average molecular weight is 1210 g/mol. The number of aliphatic hydroxyl groups is 11. The maximum Gasteiger partial charge on any atom is 0.364 e. The van der Waals surface area contributed by atoms with Crippen molar-refractivity contribution in [2.45, 2.75) is 317 Å². The van der Waals surface area contributed by atoms with E-state index in [-0.39, 0.29) is 12.3 Å². The van der Waals surface area contributed by atoms with E-state index < -0.39 is 155 Å². The van der Waals surface area contributed by atoms with Gasteiger partial charge in [-0.15, -0.1) is 0 Å². The van der Waals surface area contributed by atoms with Gasteiger partial charge in [-0.2, -0.15) is 0 Å². The molecule has 0 radical (unpaired) electrons. The molecular formula is C61H110N2O21. The Bertz CT molecular complexity index is 1820. The first-order valence-corrected chi connectivity index (χ1v) is 31.7. The van der Waals surface area contributed by atoms with Gasteiger partial charge in [0.15, 0.2) is 12.6 Å². The number of aliphatic carboxylic acids is 1. The van der Waals surface area contributed by atoms with Crippen LogP contribution >= 0.6 is 0 Å². The van der Waals surface area contributed by atoms with Crippen molar-refractivity contribution >= 4 is 17.8 Å². The summed E-state index contributed by atoms with van der Waals surface area (Å²) in [5.74, 6) is -6.16. The van der Waals surface area contributed by atoms with Gasteiger partial charge in [0.25, 0.3) is 5.79 Å². The summed E-state index contributed by atoms with van der Waals surface area (Å²) in [6.07, 6.45) is 9.54. The van der Waals surface area contributed by atoms with Gasteiger partial charge in [-0.3, -0.25) is 9.59 Å². The molecule has 0 aliphatic carbocycles. The Kier molecular flexibility index (Phi) is 38.6. The first-order valence-electron chi connectivity index (χ1n) is 31.7. The molecule has 3 heterocycles. The SMILES string of the molecule is CCCCCCCC/C=C\CCCCCC(=O)NC(COC1OC(CO)C(OC2OC(CO)C(O)C(OC3(C(=O)O)CC(O)C(NC(C)=O)C(C(O)C(O)CO)O3)C2O)C(O)C1O)C(O)/C=C/CCCCCCCCCCCCCCCCC. The van der Waals surface area contributed by atoms with E-state index in [4.69, 9.17) is 28.4 Å². The summed E-state index contributed by atoms with van der Waals surface area (Å²) in [4.78, 5) is 38.4. The van der Waals surface area contributed by atoms with Crippen molar-refractivity contribution < 1.29 is 104 Å². The van der Waals surface area contributed by atoms with Gasteiger partial charge in [-0.25, -0.2) is 4.79 Å². The maximum absolute atomic E-state index is 13.4. The second kappa shape index (κ2) is 43.0. The van der Waals surface area contributed by atoms with Crippen molar-refractivity contribution in [3.05, 3.63) is 24.3 Å². The van der Waals surface area contributed by atoms with Gasteiger partial charge in [-0.05, 0) is 44.9 Å². The first-order chi connectivity index (χ1) is 40.4. The molecule has 18 atom stereocenters. The number of allylic oxidation sites excluding steroid dienone is 3. The summed E-state index contributed by atoms with van der Waals surface area (Å²) >= 11 is 0. The summed E-state index contributed by atoms with van der Waals surface area (Å²) in [5, 5.41) is 136. The van der Waals surface area contributed by atoms with Crippen LogP contribution in [0, 0.1) is 0 Å². The smallest absolute Gasteiger partial charge is 0.364 e. The minimum atomic E-state index is -3.08.